The van der Waals surface area contributed by atoms with Crippen LogP contribution in [0.25, 0.3) is 0 Å². The summed E-state index contributed by atoms with van der Waals surface area (Å²) in [6, 6.07) is 8.94. The van der Waals surface area contributed by atoms with E-state index in [1.54, 1.807) is 13.8 Å². The fourth-order valence-corrected chi connectivity index (χ4v) is 3.34. The van der Waals surface area contributed by atoms with Crippen molar-refractivity contribution in [2.45, 2.75) is 51.4 Å². The van der Waals surface area contributed by atoms with Crippen LogP contribution in [-0.4, -0.2) is 71.1 Å². The van der Waals surface area contributed by atoms with Crippen molar-refractivity contribution in [3.05, 3.63) is 41.7 Å². The van der Waals surface area contributed by atoms with E-state index >= 15 is 0 Å². The van der Waals surface area contributed by atoms with Gasteiger partial charge in [0.25, 0.3) is 0 Å². The summed E-state index contributed by atoms with van der Waals surface area (Å²) < 4.78 is 29.6. The van der Waals surface area contributed by atoms with Gasteiger partial charge in [-0.05, 0) is 36.3 Å². The van der Waals surface area contributed by atoms with E-state index < -0.39 is 21.4 Å². The van der Waals surface area contributed by atoms with E-state index in [-0.39, 0.29) is 37.1 Å². The largest absolute Gasteiger partial charge is 0.374 e. The van der Waals surface area contributed by atoms with Gasteiger partial charge in [0.15, 0.2) is 5.82 Å². The van der Waals surface area contributed by atoms with Gasteiger partial charge in [-0.25, -0.2) is 13.1 Å². The Kier molecular flexibility index (Phi) is 10.1. The summed E-state index contributed by atoms with van der Waals surface area (Å²) in [6.45, 7) is 4.02. The lowest BCUT2D eigenvalue weighted by Gasteiger charge is -2.23. The molecule has 1 aromatic heterocycles. The molecule has 0 unspecified atom stereocenters. The van der Waals surface area contributed by atoms with Crippen LogP contribution in [0.1, 0.15) is 44.1 Å². The normalized spacial score (nSPS) is 12.8. The molecule has 0 bridgehead atoms. The van der Waals surface area contributed by atoms with E-state index in [9.17, 15) is 18.0 Å². The second-order valence-corrected chi connectivity index (χ2v) is 10.9. The highest BCUT2D eigenvalue weighted by Gasteiger charge is 2.28. The first-order valence-corrected chi connectivity index (χ1v) is 12.9. The molecule has 0 aliphatic heterocycles. The number of aryl methyl sites for hydroxylation is 1. The van der Waals surface area contributed by atoms with E-state index in [2.05, 4.69) is 26.2 Å². The molecular formula is C21H33N7O5S. The molecule has 0 saturated carbocycles. The maximum Gasteiger partial charge on any atom is 0.240 e. The van der Waals surface area contributed by atoms with Crippen LogP contribution in [0.3, 0.4) is 0 Å². The first-order chi connectivity index (χ1) is 16.0. The highest BCUT2D eigenvalue weighted by Crippen LogP contribution is 2.14. The van der Waals surface area contributed by atoms with Crippen LogP contribution in [0.4, 0.5) is 0 Å². The van der Waals surface area contributed by atoms with Crippen molar-refractivity contribution in [2.24, 2.45) is 5.73 Å². The molecule has 0 aliphatic rings. The molecule has 2 amide bonds. The second kappa shape index (κ2) is 12.5. The number of rotatable bonds is 14. The predicted molar refractivity (Wildman–Crippen MR) is 125 cm³/mol. The summed E-state index contributed by atoms with van der Waals surface area (Å²) >= 11 is 0. The van der Waals surface area contributed by atoms with E-state index in [0.29, 0.717) is 25.4 Å². The standard InChI is InChI=1S/C21H33N7O5S/c1-21(2,22)20(30)24-17(15-33-14-16-8-5-4-6-9-16)19-25-26-27-28(19)12-7-10-18(29)23-11-13-34(3,31)32/h4-6,8-9,17H,7,10-15,22H2,1-3H3,(H,23,29)(H,24,30)/t17-/m1/s1. The van der Waals surface area contributed by atoms with Gasteiger partial charge in [-0.1, -0.05) is 30.3 Å². The highest BCUT2D eigenvalue weighted by atomic mass is 32.2. The van der Waals surface area contributed by atoms with Crippen LogP contribution < -0.4 is 16.4 Å². The Morgan fingerprint density at radius 1 is 1.24 bits per heavy atom. The lowest BCUT2D eigenvalue weighted by Crippen LogP contribution is -2.51. The van der Waals surface area contributed by atoms with Gasteiger partial charge in [0, 0.05) is 25.8 Å². The fourth-order valence-electron chi connectivity index (χ4n) is 2.87. The number of nitrogens with zero attached hydrogens (tertiary/aromatic N) is 4. The molecule has 188 valence electrons. The molecule has 0 radical (unpaired) electrons. The number of amides is 2. The Bertz CT molecular complexity index is 1040. The molecule has 4 N–H and O–H groups in total. The molecule has 0 spiro atoms. The molecule has 34 heavy (non-hydrogen) atoms. The first kappa shape index (κ1) is 27.3. The highest BCUT2D eigenvalue weighted by molar-refractivity contribution is 7.90. The van der Waals surface area contributed by atoms with E-state index in [4.69, 9.17) is 10.5 Å². The quantitative estimate of drug-likeness (QED) is 0.319. The summed E-state index contributed by atoms with van der Waals surface area (Å²) in [5.74, 6) is -0.388. The molecule has 13 heteroatoms. The number of carbonyl (C=O) groups excluding carboxylic acids is 2. The van der Waals surface area contributed by atoms with Gasteiger partial charge in [0.2, 0.25) is 11.8 Å². The lowest BCUT2D eigenvalue weighted by atomic mass is 10.1. The molecule has 2 aromatic rings. The summed E-state index contributed by atoms with van der Waals surface area (Å²) in [5.41, 5.74) is 5.79. The van der Waals surface area contributed by atoms with Crippen molar-refractivity contribution < 1.29 is 22.7 Å². The van der Waals surface area contributed by atoms with Gasteiger partial charge < -0.3 is 21.1 Å². The second-order valence-electron chi connectivity index (χ2n) is 8.59. The molecule has 0 saturated heterocycles. The molecular weight excluding hydrogens is 462 g/mol. The number of carbonyl (C=O) groups is 2. The van der Waals surface area contributed by atoms with Gasteiger partial charge in [-0.3, -0.25) is 9.59 Å². The zero-order chi connectivity index (χ0) is 25.2. The fraction of sp³-hybridized carbons (Fsp3) is 0.571. The lowest BCUT2D eigenvalue weighted by molar-refractivity contribution is -0.126. The molecule has 12 nitrogen and oxygen atoms in total. The molecule has 0 aliphatic carbocycles. The minimum absolute atomic E-state index is 0.0650. The van der Waals surface area contributed by atoms with Gasteiger partial charge in [-0.2, -0.15) is 0 Å². The molecule has 1 atom stereocenters. The van der Waals surface area contributed by atoms with Crippen LogP contribution in [0, 0.1) is 0 Å². The Hall–Kier alpha value is -2.90. The maximum atomic E-state index is 12.5. The number of tetrazole rings is 1. The molecule has 1 aromatic carbocycles. The number of nitrogens with two attached hydrogens (primary N) is 1. The number of hydrogen-bond acceptors (Lipinski definition) is 9. The number of ether oxygens (including phenoxy) is 1. The monoisotopic (exact) mass is 495 g/mol. The molecule has 0 fully saturated rings. The third kappa shape index (κ3) is 9.93. The summed E-state index contributed by atoms with van der Waals surface area (Å²) in [6.07, 6.45) is 1.69. The Morgan fingerprint density at radius 3 is 2.59 bits per heavy atom. The van der Waals surface area contributed by atoms with Gasteiger partial charge in [0.05, 0.1) is 24.5 Å². The summed E-state index contributed by atoms with van der Waals surface area (Å²) in [7, 11) is -3.14. The SMILES string of the molecule is CC(C)(N)C(=O)N[C@H](COCc1ccccc1)c1nnnn1CCCC(=O)NCCS(C)(=O)=O. The van der Waals surface area contributed by atoms with Crippen LogP contribution in [0.5, 0.6) is 0 Å². The first-order valence-electron chi connectivity index (χ1n) is 10.9. The summed E-state index contributed by atoms with van der Waals surface area (Å²) in [5, 5.41) is 17.1. The maximum absolute atomic E-state index is 12.5. The third-order valence-corrected chi connectivity index (χ3v) is 5.67. The van der Waals surface area contributed by atoms with Crippen LogP contribution in [-0.2, 0) is 37.3 Å². The van der Waals surface area contributed by atoms with E-state index in [1.165, 1.54) is 4.68 Å². The van der Waals surface area contributed by atoms with Gasteiger partial charge in [-0.15, -0.1) is 5.10 Å². The van der Waals surface area contributed by atoms with E-state index in [1.807, 2.05) is 30.3 Å². The zero-order valence-corrected chi connectivity index (χ0v) is 20.5. The number of hydrogen-bond donors (Lipinski definition) is 3. The number of nitrogens with one attached hydrogen (secondary N) is 2. The van der Waals surface area contributed by atoms with E-state index in [0.717, 1.165) is 11.8 Å². The smallest absolute Gasteiger partial charge is 0.240 e. The van der Waals surface area contributed by atoms with Crippen molar-refractivity contribution >= 4 is 21.7 Å². The average molecular weight is 496 g/mol. The van der Waals surface area contributed by atoms with Crippen molar-refractivity contribution in [1.29, 1.82) is 0 Å². The van der Waals surface area contributed by atoms with Crippen LogP contribution in [0.15, 0.2) is 30.3 Å². The average Bonchev–Trinajstić information content (AvgIpc) is 3.20. The topological polar surface area (TPSA) is 171 Å². The van der Waals surface area contributed by atoms with Gasteiger partial charge >= 0.3 is 0 Å². The zero-order valence-electron chi connectivity index (χ0n) is 19.7. The van der Waals surface area contributed by atoms with Gasteiger partial charge in [0.1, 0.15) is 15.9 Å². The Morgan fingerprint density at radius 2 is 1.94 bits per heavy atom. The van der Waals surface area contributed by atoms with Crippen LogP contribution in [0.2, 0.25) is 0 Å². The Labute approximate surface area is 199 Å². The van der Waals surface area contributed by atoms with Crippen LogP contribution >= 0.6 is 0 Å². The number of sulfone groups is 1. The van der Waals surface area contributed by atoms with Crippen molar-refractivity contribution in [2.75, 3.05) is 25.2 Å². The number of benzene rings is 1. The minimum atomic E-state index is -3.14. The van der Waals surface area contributed by atoms with Crippen molar-refractivity contribution in [3.63, 3.8) is 0 Å². The summed E-state index contributed by atoms with van der Waals surface area (Å²) in [4.78, 5) is 24.5. The molecule has 1 heterocycles. The number of aromatic nitrogens is 4. The van der Waals surface area contributed by atoms with Crippen molar-refractivity contribution in [1.82, 2.24) is 30.8 Å². The third-order valence-electron chi connectivity index (χ3n) is 4.73. The Balaban J connectivity index is 1.97. The van der Waals surface area contributed by atoms with Crippen molar-refractivity contribution in [3.8, 4) is 0 Å². The minimum Gasteiger partial charge on any atom is -0.374 e. The predicted octanol–water partition coefficient (Wildman–Crippen LogP) is -0.274. The molecule has 2 rings (SSSR count).